The predicted molar refractivity (Wildman–Crippen MR) is 113 cm³/mol. The van der Waals surface area contributed by atoms with Gasteiger partial charge in [-0.05, 0) is 48.8 Å². The minimum absolute atomic E-state index is 0.0890. The quantitative estimate of drug-likeness (QED) is 0.496. The first kappa shape index (κ1) is 17.3. The summed E-state index contributed by atoms with van der Waals surface area (Å²) >= 11 is 0. The topological polar surface area (TPSA) is 44.8 Å². The number of fused-ring (bicyclic) bond motifs is 2. The summed E-state index contributed by atoms with van der Waals surface area (Å²) in [6, 6.07) is 13.1. The van der Waals surface area contributed by atoms with Gasteiger partial charge in [0.25, 0.3) is 0 Å². The maximum atomic E-state index is 13.3. The number of hydrogen-bond acceptors (Lipinski definition) is 2. The molecule has 5 heteroatoms. The molecule has 1 aliphatic rings. The van der Waals surface area contributed by atoms with E-state index in [1.807, 2.05) is 21.4 Å². The Labute approximate surface area is 164 Å². The molecule has 1 fully saturated rings. The van der Waals surface area contributed by atoms with Gasteiger partial charge in [0.05, 0.1) is 23.8 Å². The zero-order chi connectivity index (χ0) is 19.3. The van der Waals surface area contributed by atoms with Crippen molar-refractivity contribution in [3.8, 4) is 0 Å². The van der Waals surface area contributed by atoms with Crippen molar-refractivity contribution in [2.24, 2.45) is 5.92 Å². The fourth-order valence-corrected chi connectivity index (χ4v) is 4.18. The molecule has 144 valence electrons. The highest BCUT2D eigenvalue weighted by Crippen LogP contribution is 2.36. The lowest BCUT2D eigenvalue weighted by molar-refractivity contribution is 0.511. The molecule has 3 heterocycles. The van der Waals surface area contributed by atoms with Crippen molar-refractivity contribution in [2.45, 2.75) is 52.2 Å². The Balaban J connectivity index is 1.64. The molecule has 5 rings (SSSR count). The molecule has 5 nitrogen and oxygen atoms in total. The monoisotopic (exact) mass is 374 g/mol. The predicted octanol–water partition coefficient (Wildman–Crippen LogP) is 4.58. The number of hydrogen-bond donors (Lipinski definition) is 0. The summed E-state index contributed by atoms with van der Waals surface area (Å²) in [5, 5.41) is 1.23. The molecule has 0 aliphatic heterocycles. The van der Waals surface area contributed by atoms with Crippen LogP contribution in [0.4, 0.5) is 0 Å². The average molecular weight is 374 g/mol. The van der Waals surface area contributed by atoms with Crippen molar-refractivity contribution >= 4 is 21.9 Å². The van der Waals surface area contributed by atoms with Crippen LogP contribution in [-0.2, 0) is 13.1 Å². The Morgan fingerprint density at radius 2 is 1.89 bits per heavy atom. The third-order valence-electron chi connectivity index (χ3n) is 5.82. The Morgan fingerprint density at radius 1 is 1.07 bits per heavy atom. The summed E-state index contributed by atoms with van der Waals surface area (Å²) in [5.74, 6) is 0.637. The maximum absolute atomic E-state index is 13.3. The summed E-state index contributed by atoms with van der Waals surface area (Å²) in [5.41, 5.74) is 4.46. The first-order valence-corrected chi connectivity index (χ1v) is 10.3. The van der Waals surface area contributed by atoms with Crippen LogP contribution in [0.3, 0.4) is 0 Å². The molecule has 28 heavy (non-hydrogen) atoms. The van der Waals surface area contributed by atoms with E-state index >= 15 is 0 Å². The summed E-state index contributed by atoms with van der Waals surface area (Å²) in [4.78, 5) is 17.5. The molecule has 0 saturated heterocycles. The Kier molecular flexibility index (Phi) is 4.11. The number of pyridine rings is 1. The zero-order valence-corrected chi connectivity index (χ0v) is 16.5. The van der Waals surface area contributed by atoms with Crippen molar-refractivity contribution < 1.29 is 0 Å². The van der Waals surface area contributed by atoms with E-state index in [4.69, 9.17) is 0 Å². The molecule has 0 unspecified atom stereocenters. The van der Waals surface area contributed by atoms with Gasteiger partial charge < -0.3 is 4.57 Å². The van der Waals surface area contributed by atoms with Gasteiger partial charge in [0.15, 0.2) is 0 Å². The molecule has 0 spiro atoms. The molecule has 1 aliphatic carbocycles. The van der Waals surface area contributed by atoms with Crippen LogP contribution < -0.4 is 5.69 Å². The second kappa shape index (κ2) is 6.66. The lowest BCUT2D eigenvalue weighted by Gasteiger charge is -2.13. The Morgan fingerprint density at radius 3 is 2.68 bits per heavy atom. The fourth-order valence-electron chi connectivity index (χ4n) is 4.18. The average Bonchev–Trinajstić information content (AvgIpc) is 3.40. The normalized spacial score (nSPS) is 14.5. The van der Waals surface area contributed by atoms with Crippen LogP contribution in [0.15, 0.2) is 53.6 Å². The van der Waals surface area contributed by atoms with Crippen LogP contribution in [0.1, 0.15) is 44.8 Å². The van der Waals surface area contributed by atoms with Gasteiger partial charge in [-0.1, -0.05) is 32.0 Å². The van der Waals surface area contributed by atoms with E-state index in [0.29, 0.717) is 18.5 Å². The van der Waals surface area contributed by atoms with Crippen LogP contribution in [0, 0.1) is 5.92 Å². The molecule has 0 N–H and O–H groups in total. The van der Waals surface area contributed by atoms with E-state index in [1.165, 1.54) is 16.6 Å². The van der Waals surface area contributed by atoms with Crippen molar-refractivity contribution in [2.75, 3.05) is 0 Å². The summed E-state index contributed by atoms with van der Waals surface area (Å²) in [7, 11) is 0. The maximum Gasteiger partial charge on any atom is 0.329 e. The first-order valence-electron chi connectivity index (χ1n) is 10.3. The Hall–Kier alpha value is -2.82. The smallest absolute Gasteiger partial charge is 0.329 e. The van der Waals surface area contributed by atoms with E-state index in [9.17, 15) is 4.79 Å². The minimum Gasteiger partial charge on any atom is -0.343 e. The lowest BCUT2D eigenvalue weighted by atomic mass is 10.1. The lowest BCUT2D eigenvalue weighted by Crippen LogP contribution is -2.25. The van der Waals surface area contributed by atoms with Gasteiger partial charge in [0.1, 0.15) is 0 Å². The van der Waals surface area contributed by atoms with Gasteiger partial charge in [-0.25, -0.2) is 4.79 Å². The van der Waals surface area contributed by atoms with Gasteiger partial charge in [-0.15, -0.1) is 0 Å². The largest absolute Gasteiger partial charge is 0.343 e. The van der Waals surface area contributed by atoms with Crippen LogP contribution in [0.5, 0.6) is 0 Å². The van der Waals surface area contributed by atoms with E-state index < -0.39 is 0 Å². The molecular weight excluding hydrogens is 348 g/mol. The number of para-hydroxylation sites is 1. The van der Waals surface area contributed by atoms with Gasteiger partial charge >= 0.3 is 5.69 Å². The van der Waals surface area contributed by atoms with E-state index in [2.05, 4.69) is 53.7 Å². The number of aromatic nitrogens is 4. The zero-order valence-electron chi connectivity index (χ0n) is 16.5. The first-order chi connectivity index (χ1) is 13.6. The van der Waals surface area contributed by atoms with Crippen molar-refractivity contribution in [1.82, 2.24) is 18.7 Å². The van der Waals surface area contributed by atoms with Crippen LogP contribution in [0.2, 0.25) is 0 Å². The summed E-state index contributed by atoms with van der Waals surface area (Å²) in [6.45, 7) is 6.05. The molecule has 0 bridgehead atoms. The van der Waals surface area contributed by atoms with Crippen molar-refractivity contribution in [3.05, 3.63) is 65.0 Å². The molecule has 1 saturated carbocycles. The SMILES string of the molecule is CC(C)CCn1c(Cn2c(=O)n(C3CC3)c3ccncc32)cc2ccccc21. The van der Waals surface area contributed by atoms with E-state index in [1.54, 1.807) is 6.20 Å². The number of benzene rings is 1. The fraction of sp³-hybridized carbons (Fsp3) is 0.391. The van der Waals surface area contributed by atoms with E-state index in [-0.39, 0.29) is 5.69 Å². The highest BCUT2D eigenvalue weighted by atomic mass is 16.1. The summed E-state index contributed by atoms with van der Waals surface area (Å²) < 4.78 is 6.26. The molecule has 0 atom stereocenters. The third-order valence-corrected chi connectivity index (χ3v) is 5.82. The van der Waals surface area contributed by atoms with Gasteiger partial charge in [0, 0.05) is 30.0 Å². The number of rotatable bonds is 6. The van der Waals surface area contributed by atoms with Gasteiger partial charge in [-0.3, -0.25) is 14.1 Å². The standard InChI is InChI=1S/C23H26N4O/c1-16(2)10-12-25-19(13-17-5-3-4-6-20(17)25)15-26-22-14-24-11-9-21(22)27(23(26)28)18-7-8-18/h3-6,9,11,13-14,16,18H,7-8,10,12,15H2,1-2H3. The highest BCUT2D eigenvalue weighted by Gasteiger charge is 2.29. The van der Waals surface area contributed by atoms with Crippen molar-refractivity contribution in [1.29, 1.82) is 0 Å². The van der Waals surface area contributed by atoms with E-state index in [0.717, 1.165) is 36.8 Å². The van der Waals surface area contributed by atoms with Gasteiger partial charge in [-0.2, -0.15) is 0 Å². The molecule has 3 aromatic heterocycles. The second-order valence-electron chi connectivity index (χ2n) is 8.36. The minimum atomic E-state index is 0.0890. The highest BCUT2D eigenvalue weighted by molar-refractivity contribution is 5.81. The molecular formula is C23H26N4O. The number of nitrogens with zero attached hydrogens (tertiary/aromatic N) is 4. The van der Waals surface area contributed by atoms with Crippen molar-refractivity contribution in [3.63, 3.8) is 0 Å². The molecule has 0 radical (unpaired) electrons. The third kappa shape index (κ3) is 2.86. The van der Waals surface area contributed by atoms with Crippen LogP contribution >= 0.6 is 0 Å². The Bertz CT molecular complexity index is 1210. The van der Waals surface area contributed by atoms with Crippen LogP contribution in [-0.4, -0.2) is 18.7 Å². The second-order valence-corrected chi connectivity index (χ2v) is 8.36. The molecule has 4 aromatic rings. The number of aryl methyl sites for hydroxylation is 1. The number of imidazole rings is 1. The molecule has 1 aromatic carbocycles. The van der Waals surface area contributed by atoms with Crippen LogP contribution in [0.25, 0.3) is 21.9 Å². The molecule has 0 amide bonds. The summed E-state index contributed by atoms with van der Waals surface area (Å²) in [6.07, 6.45) is 6.92. The van der Waals surface area contributed by atoms with Gasteiger partial charge in [0.2, 0.25) is 0 Å².